The van der Waals surface area contributed by atoms with Crippen LogP contribution < -0.4 is 5.73 Å². The third-order valence-corrected chi connectivity index (χ3v) is 4.63. The van der Waals surface area contributed by atoms with Gasteiger partial charge in [-0.25, -0.2) is 0 Å². The summed E-state index contributed by atoms with van der Waals surface area (Å²) in [5.41, 5.74) is 9.66. The Balaban J connectivity index is 2.61. The molecule has 0 aliphatic heterocycles. The second-order valence-electron chi connectivity index (χ2n) is 4.73. The van der Waals surface area contributed by atoms with Crippen LogP contribution in [0.4, 0.5) is 0 Å². The maximum atomic E-state index is 5.63. The normalized spacial score (nSPS) is 13.1. The molecule has 1 atom stereocenters. The van der Waals surface area contributed by atoms with Crippen LogP contribution in [0, 0.1) is 12.8 Å². The van der Waals surface area contributed by atoms with Crippen molar-refractivity contribution in [1.82, 2.24) is 0 Å². The van der Waals surface area contributed by atoms with Gasteiger partial charge in [0.1, 0.15) is 0 Å². The molecule has 0 radical (unpaired) electrons. The van der Waals surface area contributed by atoms with Crippen LogP contribution in [0.1, 0.15) is 37.5 Å². The van der Waals surface area contributed by atoms with Crippen LogP contribution in [0.15, 0.2) is 18.2 Å². The number of nitrogens with two attached hydrogens (primary N) is 1. The molecular weight excluding hydrogens is 214 g/mol. The van der Waals surface area contributed by atoms with Gasteiger partial charge in [-0.2, -0.15) is 11.8 Å². The third kappa shape index (κ3) is 3.84. The SMILES string of the molecule is Cc1cc(CN)ccc1CSC(C)C(C)C. The Labute approximate surface area is 104 Å². The monoisotopic (exact) mass is 237 g/mol. The first-order chi connectivity index (χ1) is 7.54. The molecule has 0 saturated heterocycles. The van der Waals surface area contributed by atoms with E-state index >= 15 is 0 Å². The molecule has 0 amide bonds. The van der Waals surface area contributed by atoms with Gasteiger partial charge in [0, 0.05) is 17.5 Å². The van der Waals surface area contributed by atoms with Crippen LogP contribution in [-0.2, 0) is 12.3 Å². The minimum absolute atomic E-state index is 0.636. The summed E-state index contributed by atoms with van der Waals surface area (Å²) >= 11 is 2.03. The Morgan fingerprint density at radius 2 is 1.94 bits per heavy atom. The van der Waals surface area contributed by atoms with Gasteiger partial charge >= 0.3 is 0 Å². The molecule has 2 heteroatoms. The first-order valence-electron chi connectivity index (χ1n) is 5.94. The predicted molar refractivity (Wildman–Crippen MR) is 74.7 cm³/mol. The second kappa shape index (κ2) is 6.31. The largest absolute Gasteiger partial charge is 0.326 e. The summed E-state index contributed by atoms with van der Waals surface area (Å²) in [7, 11) is 0. The smallest absolute Gasteiger partial charge is 0.0189 e. The minimum Gasteiger partial charge on any atom is -0.326 e. The van der Waals surface area contributed by atoms with Crippen LogP contribution >= 0.6 is 11.8 Å². The van der Waals surface area contributed by atoms with Gasteiger partial charge in [0.05, 0.1) is 0 Å². The number of hydrogen-bond donors (Lipinski definition) is 1. The van der Waals surface area contributed by atoms with Crippen LogP contribution in [0.25, 0.3) is 0 Å². The molecule has 16 heavy (non-hydrogen) atoms. The van der Waals surface area contributed by atoms with Gasteiger partial charge in [-0.1, -0.05) is 39.0 Å². The molecule has 0 fully saturated rings. The molecule has 1 aromatic rings. The van der Waals surface area contributed by atoms with E-state index in [1.807, 2.05) is 11.8 Å². The van der Waals surface area contributed by atoms with E-state index in [0.717, 1.165) is 11.7 Å². The van der Waals surface area contributed by atoms with Gasteiger partial charge in [-0.15, -0.1) is 0 Å². The van der Waals surface area contributed by atoms with Crippen LogP contribution in [-0.4, -0.2) is 5.25 Å². The lowest BCUT2D eigenvalue weighted by atomic mass is 10.1. The predicted octanol–water partition coefficient (Wildman–Crippen LogP) is 3.73. The van der Waals surface area contributed by atoms with Gasteiger partial charge < -0.3 is 5.73 Å². The van der Waals surface area contributed by atoms with Gasteiger partial charge in [-0.3, -0.25) is 0 Å². The molecule has 0 heterocycles. The molecular formula is C14H23NS. The van der Waals surface area contributed by atoms with E-state index in [1.54, 1.807) is 0 Å². The number of benzene rings is 1. The quantitative estimate of drug-likeness (QED) is 0.844. The number of aryl methyl sites for hydroxylation is 1. The van der Waals surface area contributed by atoms with Crippen LogP contribution in [0.5, 0.6) is 0 Å². The lowest BCUT2D eigenvalue weighted by Crippen LogP contribution is -2.06. The van der Waals surface area contributed by atoms with E-state index in [4.69, 9.17) is 5.73 Å². The van der Waals surface area contributed by atoms with Crippen molar-refractivity contribution in [3.05, 3.63) is 34.9 Å². The summed E-state index contributed by atoms with van der Waals surface area (Å²) in [6.07, 6.45) is 0. The zero-order valence-corrected chi connectivity index (χ0v) is 11.6. The molecule has 0 aliphatic carbocycles. The molecule has 2 N–H and O–H groups in total. The Morgan fingerprint density at radius 3 is 2.44 bits per heavy atom. The second-order valence-corrected chi connectivity index (χ2v) is 6.09. The molecule has 1 aromatic carbocycles. The van der Waals surface area contributed by atoms with Crippen molar-refractivity contribution in [2.24, 2.45) is 11.7 Å². The van der Waals surface area contributed by atoms with Crippen LogP contribution in [0.3, 0.4) is 0 Å². The number of thioether (sulfide) groups is 1. The zero-order valence-electron chi connectivity index (χ0n) is 10.8. The van der Waals surface area contributed by atoms with Gasteiger partial charge in [0.2, 0.25) is 0 Å². The van der Waals surface area contributed by atoms with Crippen LogP contribution in [0.2, 0.25) is 0 Å². The lowest BCUT2D eigenvalue weighted by Gasteiger charge is -2.16. The fourth-order valence-electron chi connectivity index (χ4n) is 1.46. The standard InChI is InChI=1S/C14H23NS/c1-10(2)12(4)16-9-14-6-5-13(8-15)7-11(14)3/h5-7,10,12H,8-9,15H2,1-4H3. The van der Waals surface area contributed by atoms with Gasteiger partial charge in [0.25, 0.3) is 0 Å². The molecule has 1 unspecified atom stereocenters. The Morgan fingerprint density at radius 1 is 1.25 bits per heavy atom. The average molecular weight is 237 g/mol. The van der Waals surface area contributed by atoms with E-state index in [2.05, 4.69) is 45.9 Å². The van der Waals surface area contributed by atoms with E-state index < -0.39 is 0 Å². The van der Waals surface area contributed by atoms with E-state index in [-0.39, 0.29) is 0 Å². The Bertz CT molecular complexity index is 334. The molecule has 1 nitrogen and oxygen atoms in total. The highest BCUT2D eigenvalue weighted by Gasteiger charge is 2.08. The lowest BCUT2D eigenvalue weighted by molar-refractivity contribution is 0.642. The van der Waals surface area contributed by atoms with Crippen molar-refractivity contribution in [3.8, 4) is 0 Å². The summed E-state index contributed by atoms with van der Waals surface area (Å²) in [6.45, 7) is 9.68. The Hall–Kier alpha value is -0.470. The molecule has 0 aromatic heterocycles. The highest BCUT2D eigenvalue weighted by Crippen LogP contribution is 2.24. The molecule has 1 rings (SSSR count). The molecule has 90 valence electrons. The van der Waals surface area contributed by atoms with Crippen molar-refractivity contribution in [3.63, 3.8) is 0 Å². The molecule has 0 bridgehead atoms. The van der Waals surface area contributed by atoms with Crippen molar-refractivity contribution in [2.45, 2.75) is 45.2 Å². The summed E-state index contributed by atoms with van der Waals surface area (Å²) in [6, 6.07) is 6.57. The first-order valence-corrected chi connectivity index (χ1v) is 6.99. The van der Waals surface area contributed by atoms with E-state index in [9.17, 15) is 0 Å². The van der Waals surface area contributed by atoms with Crippen molar-refractivity contribution in [1.29, 1.82) is 0 Å². The first kappa shape index (κ1) is 13.6. The number of rotatable bonds is 5. The highest BCUT2D eigenvalue weighted by atomic mass is 32.2. The third-order valence-electron chi connectivity index (χ3n) is 3.08. The summed E-state index contributed by atoms with van der Waals surface area (Å²) in [5, 5.41) is 0.716. The fourth-order valence-corrected chi connectivity index (χ4v) is 2.61. The fraction of sp³-hybridized carbons (Fsp3) is 0.571. The molecule has 0 spiro atoms. The summed E-state index contributed by atoms with van der Waals surface area (Å²) in [5.74, 6) is 1.85. The van der Waals surface area contributed by atoms with Gasteiger partial charge in [-0.05, 0) is 29.5 Å². The summed E-state index contributed by atoms with van der Waals surface area (Å²) < 4.78 is 0. The van der Waals surface area contributed by atoms with Crippen molar-refractivity contribution < 1.29 is 0 Å². The number of hydrogen-bond acceptors (Lipinski definition) is 2. The van der Waals surface area contributed by atoms with E-state index in [0.29, 0.717) is 11.8 Å². The molecule has 0 saturated carbocycles. The van der Waals surface area contributed by atoms with E-state index in [1.165, 1.54) is 16.7 Å². The zero-order chi connectivity index (χ0) is 12.1. The topological polar surface area (TPSA) is 26.0 Å². The average Bonchev–Trinajstić information content (AvgIpc) is 2.26. The summed E-state index contributed by atoms with van der Waals surface area (Å²) in [4.78, 5) is 0. The Kier molecular flexibility index (Phi) is 5.36. The van der Waals surface area contributed by atoms with Gasteiger partial charge in [0.15, 0.2) is 0 Å². The maximum Gasteiger partial charge on any atom is 0.0189 e. The highest BCUT2D eigenvalue weighted by molar-refractivity contribution is 7.99. The minimum atomic E-state index is 0.636. The van der Waals surface area contributed by atoms with Crippen molar-refractivity contribution >= 4 is 11.8 Å². The molecule has 0 aliphatic rings. The van der Waals surface area contributed by atoms with Crippen molar-refractivity contribution in [2.75, 3.05) is 0 Å². The maximum absolute atomic E-state index is 5.63.